The van der Waals surface area contributed by atoms with Crippen molar-refractivity contribution < 1.29 is 13.6 Å². The van der Waals surface area contributed by atoms with Gasteiger partial charge in [0.2, 0.25) is 0 Å². The lowest BCUT2D eigenvalue weighted by Gasteiger charge is -2.21. The van der Waals surface area contributed by atoms with E-state index in [0.29, 0.717) is 13.1 Å². The molecule has 4 nitrogen and oxygen atoms in total. The average molecular weight is 271 g/mol. The molecule has 0 atom stereocenters. The third-order valence-electron chi connectivity index (χ3n) is 2.88. The lowest BCUT2D eigenvalue weighted by Crippen LogP contribution is -2.32. The number of hydrogen-bond donors (Lipinski definition) is 2. The van der Waals surface area contributed by atoms with Crippen molar-refractivity contribution in [3.8, 4) is 0 Å². The first-order valence-electron chi connectivity index (χ1n) is 6.30. The van der Waals surface area contributed by atoms with Crippen molar-refractivity contribution >= 4 is 11.6 Å². The van der Waals surface area contributed by atoms with Gasteiger partial charge in [-0.3, -0.25) is 10.6 Å². The van der Waals surface area contributed by atoms with Crippen LogP contribution in [0.1, 0.15) is 37.0 Å². The molecule has 3 N–H and O–H groups in total. The molecule has 0 heterocycles. The van der Waals surface area contributed by atoms with Gasteiger partial charge in [-0.2, -0.15) is 0 Å². The standard InChI is InChI=1S/C13H19F2N3O/c1-3-5-6-18(4-2)13(19)9-7-10(14)12(17-16)11(15)8-9/h7-8,17H,3-6,16H2,1-2H3. The fourth-order valence-electron chi connectivity index (χ4n) is 1.77. The van der Waals surface area contributed by atoms with Gasteiger partial charge in [0, 0.05) is 18.7 Å². The van der Waals surface area contributed by atoms with Crippen LogP contribution in [0.25, 0.3) is 0 Å². The molecule has 0 aliphatic heterocycles. The number of hydrogen-bond acceptors (Lipinski definition) is 3. The third kappa shape index (κ3) is 3.64. The number of unbranched alkanes of at least 4 members (excludes halogenated alkanes) is 1. The van der Waals surface area contributed by atoms with E-state index in [0.717, 1.165) is 25.0 Å². The van der Waals surface area contributed by atoms with Crippen molar-refractivity contribution in [2.24, 2.45) is 5.84 Å². The minimum absolute atomic E-state index is 0.00745. The molecule has 1 aromatic rings. The summed E-state index contributed by atoms with van der Waals surface area (Å²) in [6.45, 7) is 4.92. The third-order valence-corrected chi connectivity index (χ3v) is 2.88. The van der Waals surface area contributed by atoms with E-state index >= 15 is 0 Å². The molecule has 0 saturated heterocycles. The molecule has 0 aliphatic rings. The van der Waals surface area contributed by atoms with Crippen molar-refractivity contribution in [2.45, 2.75) is 26.7 Å². The molecule has 0 unspecified atom stereocenters. The van der Waals surface area contributed by atoms with Crippen LogP contribution >= 0.6 is 0 Å². The Kier molecular flexibility index (Phi) is 5.69. The maximum Gasteiger partial charge on any atom is 0.254 e. The molecule has 106 valence electrons. The molecule has 0 radical (unpaired) electrons. The zero-order valence-corrected chi connectivity index (χ0v) is 11.2. The summed E-state index contributed by atoms with van der Waals surface area (Å²) in [7, 11) is 0. The molecule has 0 saturated carbocycles. The molecular formula is C13H19F2N3O. The summed E-state index contributed by atoms with van der Waals surface area (Å²) in [6.07, 6.45) is 1.80. The maximum absolute atomic E-state index is 13.5. The highest BCUT2D eigenvalue weighted by Crippen LogP contribution is 2.20. The monoisotopic (exact) mass is 271 g/mol. The van der Waals surface area contributed by atoms with Gasteiger partial charge in [0.15, 0.2) is 11.6 Å². The Hall–Kier alpha value is -1.69. The van der Waals surface area contributed by atoms with E-state index in [-0.39, 0.29) is 11.5 Å². The van der Waals surface area contributed by atoms with E-state index in [1.807, 2.05) is 19.3 Å². The van der Waals surface area contributed by atoms with Gasteiger partial charge in [-0.15, -0.1) is 0 Å². The van der Waals surface area contributed by atoms with Crippen LogP contribution in [0.3, 0.4) is 0 Å². The van der Waals surface area contributed by atoms with Crippen LogP contribution in [0.5, 0.6) is 0 Å². The number of halogens is 2. The van der Waals surface area contributed by atoms with Gasteiger partial charge in [-0.1, -0.05) is 13.3 Å². The minimum Gasteiger partial charge on any atom is -0.339 e. The number of nitrogens with zero attached hydrogens (tertiary/aromatic N) is 1. The van der Waals surface area contributed by atoms with Crippen LogP contribution in [-0.4, -0.2) is 23.9 Å². The van der Waals surface area contributed by atoms with E-state index in [1.54, 1.807) is 4.90 Å². The van der Waals surface area contributed by atoms with Crippen molar-refractivity contribution in [1.82, 2.24) is 4.90 Å². The van der Waals surface area contributed by atoms with Crippen molar-refractivity contribution in [3.63, 3.8) is 0 Å². The smallest absolute Gasteiger partial charge is 0.254 e. The summed E-state index contributed by atoms with van der Waals surface area (Å²) >= 11 is 0. The van der Waals surface area contributed by atoms with Crippen LogP contribution in [-0.2, 0) is 0 Å². The molecule has 19 heavy (non-hydrogen) atoms. The number of nitrogens with one attached hydrogen (secondary N) is 1. The Bertz CT molecular complexity index is 429. The van der Waals surface area contributed by atoms with Gasteiger partial charge in [-0.05, 0) is 25.5 Å². The SMILES string of the molecule is CCCCN(CC)C(=O)c1cc(F)c(NN)c(F)c1. The lowest BCUT2D eigenvalue weighted by molar-refractivity contribution is 0.0761. The number of carbonyl (C=O) groups is 1. The van der Waals surface area contributed by atoms with Gasteiger partial charge < -0.3 is 10.3 Å². The quantitative estimate of drug-likeness (QED) is 0.617. The minimum atomic E-state index is -0.877. The maximum atomic E-state index is 13.5. The molecular weight excluding hydrogens is 252 g/mol. The summed E-state index contributed by atoms with van der Waals surface area (Å²) in [5, 5.41) is 0. The van der Waals surface area contributed by atoms with Crippen LogP contribution in [0.15, 0.2) is 12.1 Å². The molecule has 0 fully saturated rings. The summed E-state index contributed by atoms with van der Waals surface area (Å²) < 4.78 is 27.1. The highest BCUT2D eigenvalue weighted by Gasteiger charge is 2.18. The van der Waals surface area contributed by atoms with Crippen LogP contribution in [0.2, 0.25) is 0 Å². The molecule has 0 aliphatic carbocycles. The van der Waals surface area contributed by atoms with E-state index in [4.69, 9.17) is 5.84 Å². The first kappa shape index (κ1) is 15.4. The topological polar surface area (TPSA) is 58.4 Å². The Labute approximate surface area is 111 Å². The molecule has 0 bridgehead atoms. The average Bonchev–Trinajstić information content (AvgIpc) is 2.39. The Morgan fingerprint density at radius 1 is 1.32 bits per heavy atom. The molecule has 6 heteroatoms. The van der Waals surface area contributed by atoms with Crippen molar-refractivity contribution in [2.75, 3.05) is 18.5 Å². The van der Waals surface area contributed by atoms with Gasteiger partial charge in [0.25, 0.3) is 5.91 Å². The number of amides is 1. The van der Waals surface area contributed by atoms with Gasteiger partial charge in [0.1, 0.15) is 5.69 Å². The number of carbonyl (C=O) groups excluding carboxylic acids is 1. The number of nitrogen functional groups attached to an aromatic ring is 1. The summed E-state index contributed by atoms with van der Waals surface area (Å²) in [6, 6.07) is 1.99. The zero-order valence-electron chi connectivity index (χ0n) is 11.2. The Morgan fingerprint density at radius 2 is 1.89 bits per heavy atom. The zero-order chi connectivity index (χ0) is 14.4. The molecule has 1 amide bonds. The molecule has 1 aromatic carbocycles. The fourth-order valence-corrected chi connectivity index (χ4v) is 1.77. The first-order valence-corrected chi connectivity index (χ1v) is 6.30. The number of benzene rings is 1. The van der Waals surface area contributed by atoms with Gasteiger partial charge in [-0.25, -0.2) is 8.78 Å². The molecule has 0 spiro atoms. The second kappa shape index (κ2) is 7.04. The lowest BCUT2D eigenvalue weighted by atomic mass is 10.1. The number of nitrogens with two attached hydrogens (primary N) is 1. The second-order valence-electron chi connectivity index (χ2n) is 4.20. The Morgan fingerprint density at radius 3 is 2.32 bits per heavy atom. The predicted molar refractivity (Wildman–Crippen MR) is 70.7 cm³/mol. The number of anilines is 1. The van der Waals surface area contributed by atoms with E-state index in [1.165, 1.54) is 0 Å². The van der Waals surface area contributed by atoms with Crippen molar-refractivity contribution in [1.29, 1.82) is 0 Å². The molecule has 0 aromatic heterocycles. The van der Waals surface area contributed by atoms with Crippen molar-refractivity contribution in [3.05, 3.63) is 29.3 Å². The number of hydrazine groups is 1. The number of rotatable bonds is 6. The largest absolute Gasteiger partial charge is 0.339 e. The summed E-state index contributed by atoms with van der Waals surface area (Å²) in [4.78, 5) is 13.7. The molecule has 1 rings (SSSR count). The normalized spacial score (nSPS) is 10.4. The summed E-state index contributed by atoms with van der Waals surface area (Å²) in [5.41, 5.74) is 1.49. The second-order valence-corrected chi connectivity index (χ2v) is 4.20. The fraction of sp³-hybridized carbons (Fsp3) is 0.462. The summed E-state index contributed by atoms with van der Waals surface area (Å²) in [5.74, 6) is 2.87. The first-order chi connectivity index (χ1) is 9.04. The van der Waals surface area contributed by atoms with Gasteiger partial charge in [0.05, 0.1) is 0 Å². The van der Waals surface area contributed by atoms with Crippen LogP contribution < -0.4 is 11.3 Å². The van der Waals surface area contributed by atoms with Crippen LogP contribution in [0, 0.1) is 11.6 Å². The van der Waals surface area contributed by atoms with E-state index < -0.39 is 17.3 Å². The van der Waals surface area contributed by atoms with Gasteiger partial charge >= 0.3 is 0 Å². The van der Waals surface area contributed by atoms with Crippen LogP contribution in [0.4, 0.5) is 14.5 Å². The Balaban J connectivity index is 2.98. The van der Waals surface area contributed by atoms with E-state index in [9.17, 15) is 13.6 Å². The highest BCUT2D eigenvalue weighted by atomic mass is 19.1. The van der Waals surface area contributed by atoms with E-state index in [2.05, 4.69) is 0 Å². The highest BCUT2D eigenvalue weighted by molar-refractivity contribution is 5.94. The predicted octanol–water partition coefficient (Wildman–Crippen LogP) is 2.51.